The minimum atomic E-state index is -3.77. The van der Waals surface area contributed by atoms with Crippen molar-refractivity contribution in [3.63, 3.8) is 0 Å². The molecule has 196 valence electrons. The largest absolute Gasteiger partial charge is 0.493 e. The van der Waals surface area contributed by atoms with Crippen LogP contribution in [0, 0.1) is 0 Å². The Morgan fingerprint density at radius 1 is 0.868 bits per heavy atom. The van der Waals surface area contributed by atoms with Gasteiger partial charge in [-0.1, -0.05) is 12.1 Å². The quantitative estimate of drug-likeness (QED) is 0.374. The van der Waals surface area contributed by atoms with Crippen LogP contribution < -0.4 is 15.0 Å². The lowest BCUT2D eigenvalue weighted by molar-refractivity contribution is 0.0698. The Morgan fingerprint density at radius 2 is 1.55 bits per heavy atom. The molecule has 0 atom stereocenters. The summed E-state index contributed by atoms with van der Waals surface area (Å²) >= 11 is 0. The van der Waals surface area contributed by atoms with Crippen molar-refractivity contribution in [2.24, 2.45) is 0 Å². The molecule has 38 heavy (non-hydrogen) atoms. The monoisotopic (exact) mass is 534 g/mol. The highest BCUT2D eigenvalue weighted by molar-refractivity contribution is 7.89. The number of methoxy groups -OCH3 is 2. The molecule has 11 heteroatoms. The molecule has 0 radical (unpaired) electrons. The Hall–Kier alpha value is -4.22. The van der Waals surface area contributed by atoms with Crippen molar-refractivity contribution in [1.29, 1.82) is 0 Å². The molecule has 0 saturated carbocycles. The first kappa shape index (κ1) is 25.4. The Balaban J connectivity index is 1.28. The summed E-state index contributed by atoms with van der Waals surface area (Å²) in [6, 6.07) is 18.3. The lowest BCUT2D eigenvalue weighted by Gasteiger charge is -2.34. The highest BCUT2D eigenvalue weighted by Gasteiger charge is 2.31. The van der Waals surface area contributed by atoms with Gasteiger partial charge in [0.05, 0.1) is 35.7 Å². The average Bonchev–Trinajstić information content (AvgIpc) is 2.97. The molecule has 3 aromatic carbocycles. The van der Waals surface area contributed by atoms with Crippen LogP contribution in [-0.4, -0.2) is 73.5 Å². The van der Waals surface area contributed by atoms with Gasteiger partial charge in [0.1, 0.15) is 6.33 Å². The van der Waals surface area contributed by atoms with Crippen LogP contribution in [0.5, 0.6) is 11.5 Å². The van der Waals surface area contributed by atoms with Crippen LogP contribution in [0.2, 0.25) is 0 Å². The number of hydrogen-bond donors (Lipinski definition) is 0. The van der Waals surface area contributed by atoms with E-state index in [1.54, 1.807) is 53.4 Å². The maximum absolute atomic E-state index is 13.2. The van der Waals surface area contributed by atoms with E-state index in [9.17, 15) is 18.0 Å². The zero-order chi connectivity index (χ0) is 26.9. The Labute approximate surface area is 219 Å². The first-order valence-electron chi connectivity index (χ1n) is 11.9. The Kier molecular flexibility index (Phi) is 6.87. The molecule has 0 bridgehead atoms. The van der Waals surface area contributed by atoms with Gasteiger partial charge in [-0.15, -0.1) is 0 Å². The summed E-state index contributed by atoms with van der Waals surface area (Å²) in [5.41, 5.74) is 1.47. The molecule has 1 aromatic heterocycles. The van der Waals surface area contributed by atoms with Crippen LogP contribution in [0.25, 0.3) is 16.6 Å². The molecule has 1 aliphatic heterocycles. The van der Waals surface area contributed by atoms with E-state index >= 15 is 0 Å². The van der Waals surface area contributed by atoms with Crippen LogP contribution in [-0.2, 0) is 10.0 Å². The van der Waals surface area contributed by atoms with E-state index in [0.29, 0.717) is 33.7 Å². The number of ether oxygens (including phenoxy) is 2. The molecule has 5 rings (SSSR count). The van der Waals surface area contributed by atoms with E-state index in [4.69, 9.17) is 9.47 Å². The fourth-order valence-corrected chi connectivity index (χ4v) is 5.90. The van der Waals surface area contributed by atoms with Crippen LogP contribution in [0.4, 0.5) is 0 Å². The zero-order valence-corrected chi connectivity index (χ0v) is 21.7. The number of piperazine rings is 1. The maximum Gasteiger partial charge on any atom is 0.265 e. The van der Waals surface area contributed by atoms with Gasteiger partial charge in [0.25, 0.3) is 11.5 Å². The third-order valence-electron chi connectivity index (χ3n) is 6.58. The predicted octanol–water partition coefficient (Wildman–Crippen LogP) is 2.55. The third kappa shape index (κ3) is 4.61. The first-order valence-corrected chi connectivity index (χ1v) is 13.4. The van der Waals surface area contributed by atoms with Gasteiger partial charge >= 0.3 is 0 Å². The molecule has 1 aliphatic rings. The van der Waals surface area contributed by atoms with Gasteiger partial charge in [0.15, 0.2) is 11.5 Å². The van der Waals surface area contributed by atoms with Gasteiger partial charge in [-0.3, -0.25) is 14.2 Å². The number of sulfonamides is 1. The predicted molar refractivity (Wildman–Crippen MR) is 142 cm³/mol. The van der Waals surface area contributed by atoms with E-state index in [-0.39, 0.29) is 42.5 Å². The van der Waals surface area contributed by atoms with Crippen LogP contribution in [0.1, 0.15) is 10.4 Å². The van der Waals surface area contributed by atoms with Crippen molar-refractivity contribution in [3.05, 3.63) is 89.0 Å². The molecule has 0 aliphatic carbocycles. The van der Waals surface area contributed by atoms with Crippen LogP contribution in [0.15, 0.2) is 82.7 Å². The molecular formula is C27H26N4O6S. The number of amides is 1. The minimum absolute atomic E-state index is 0.101. The molecule has 1 amide bonds. The second kappa shape index (κ2) is 10.3. The second-order valence-corrected chi connectivity index (χ2v) is 10.6. The molecule has 1 fully saturated rings. The Morgan fingerprint density at radius 3 is 2.24 bits per heavy atom. The third-order valence-corrected chi connectivity index (χ3v) is 8.47. The molecule has 4 aromatic rings. The standard InChI is InChI=1S/C27H26N4O6S/c1-36-24-12-11-21(17-25(24)37-2)38(34,35)30-15-13-29(14-16-30)26(32)19-7-9-20(10-8-19)31-18-28-23-6-4-3-5-22(23)27(31)33/h3-12,17-18H,13-16H2,1-2H3. The summed E-state index contributed by atoms with van der Waals surface area (Å²) in [5, 5.41) is 0.510. The molecule has 0 unspecified atom stereocenters. The fraction of sp³-hybridized carbons (Fsp3) is 0.222. The second-order valence-electron chi connectivity index (χ2n) is 8.70. The van der Waals surface area contributed by atoms with Crippen molar-refractivity contribution >= 4 is 26.8 Å². The maximum atomic E-state index is 13.2. The number of hydrogen-bond acceptors (Lipinski definition) is 7. The molecule has 1 saturated heterocycles. The molecular weight excluding hydrogens is 508 g/mol. The summed E-state index contributed by atoms with van der Waals surface area (Å²) in [6.45, 7) is 0.833. The van der Waals surface area contributed by atoms with Gasteiger partial charge in [-0.2, -0.15) is 4.31 Å². The molecule has 2 heterocycles. The van der Waals surface area contributed by atoms with Crippen molar-refractivity contribution < 1.29 is 22.7 Å². The van der Waals surface area contributed by atoms with Gasteiger partial charge < -0.3 is 14.4 Å². The number of nitrogens with zero attached hydrogens (tertiary/aromatic N) is 4. The number of rotatable bonds is 6. The summed E-state index contributed by atoms with van der Waals surface area (Å²) < 4.78 is 39.6. The number of carbonyl (C=O) groups is 1. The van der Waals surface area contributed by atoms with Crippen molar-refractivity contribution in [2.45, 2.75) is 4.90 Å². The normalized spacial score (nSPS) is 14.4. The lowest BCUT2D eigenvalue weighted by atomic mass is 10.1. The van der Waals surface area contributed by atoms with Crippen LogP contribution in [0.3, 0.4) is 0 Å². The number of carbonyl (C=O) groups excluding carboxylic acids is 1. The van der Waals surface area contributed by atoms with Crippen molar-refractivity contribution in [1.82, 2.24) is 18.8 Å². The van der Waals surface area contributed by atoms with Crippen LogP contribution >= 0.6 is 0 Å². The smallest absolute Gasteiger partial charge is 0.265 e. The summed E-state index contributed by atoms with van der Waals surface area (Å²) in [5.74, 6) is 0.561. The number of aromatic nitrogens is 2. The minimum Gasteiger partial charge on any atom is -0.493 e. The van der Waals surface area contributed by atoms with Crippen molar-refractivity contribution in [3.8, 4) is 17.2 Å². The zero-order valence-electron chi connectivity index (χ0n) is 20.9. The number of benzene rings is 3. The van der Waals surface area contributed by atoms with Gasteiger partial charge in [0.2, 0.25) is 10.0 Å². The number of fused-ring (bicyclic) bond motifs is 1. The van der Waals surface area contributed by atoms with Gasteiger partial charge in [0, 0.05) is 37.8 Å². The van der Waals surface area contributed by atoms with E-state index in [0.717, 1.165) is 0 Å². The van der Waals surface area contributed by atoms with E-state index in [1.165, 1.54) is 41.6 Å². The fourth-order valence-electron chi connectivity index (χ4n) is 4.46. The lowest BCUT2D eigenvalue weighted by Crippen LogP contribution is -2.50. The number of para-hydroxylation sites is 1. The summed E-state index contributed by atoms with van der Waals surface area (Å²) in [7, 11) is -0.839. The van der Waals surface area contributed by atoms with Crippen molar-refractivity contribution in [2.75, 3.05) is 40.4 Å². The molecule has 0 spiro atoms. The van der Waals surface area contributed by atoms with Gasteiger partial charge in [-0.25, -0.2) is 13.4 Å². The van der Waals surface area contributed by atoms with E-state index in [2.05, 4.69) is 4.98 Å². The summed E-state index contributed by atoms with van der Waals surface area (Å²) in [4.78, 5) is 32.0. The van der Waals surface area contributed by atoms with Gasteiger partial charge in [-0.05, 0) is 48.5 Å². The summed E-state index contributed by atoms with van der Waals surface area (Å²) in [6.07, 6.45) is 1.47. The highest BCUT2D eigenvalue weighted by Crippen LogP contribution is 2.31. The Bertz CT molecular complexity index is 1660. The highest BCUT2D eigenvalue weighted by atomic mass is 32.2. The van der Waals surface area contributed by atoms with E-state index in [1.807, 2.05) is 6.07 Å². The molecule has 10 nitrogen and oxygen atoms in total. The SMILES string of the molecule is COc1ccc(S(=O)(=O)N2CCN(C(=O)c3ccc(-n4cnc5ccccc5c4=O)cc3)CC2)cc1OC. The van der Waals surface area contributed by atoms with E-state index < -0.39 is 10.0 Å². The first-order chi connectivity index (χ1) is 18.3. The average molecular weight is 535 g/mol. The molecule has 0 N–H and O–H groups in total. The topological polar surface area (TPSA) is 111 Å².